The highest BCUT2D eigenvalue weighted by molar-refractivity contribution is 9.18. The van der Waals surface area contributed by atoms with Gasteiger partial charge in [-0.25, -0.2) is 9.37 Å². The number of ketones is 1. The van der Waals surface area contributed by atoms with Gasteiger partial charge in [-0.3, -0.25) is 19.4 Å². The summed E-state index contributed by atoms with van der Waals surface area (Å²) in [4.78, 5) is 43.5. The number of amides is 3. The van der Waals surface area contributed by atoms with Gasteiger partial charge in [-0.15, -0.1) is 0 Å². The average molecular weight is 413 g/mol. The van der Waals surface area contributed by atoms with E-state index in [0.717, 1.165) is 4.90 Å². The maximum atomic E-state index is 12.5. The van der Waals surface area contributed by atoms with Gasteiger partial charge in [0.1, 0.15) is 0 Å². The van der Waals surface area contributed by atoms with E-state index in [2.05, 4.69) is 20.9 Å². The van der Waals surface area contributed by atoms with Crippen molar-refractivity contribution in [2.24, 2.45) is 4.99 Å². The number of fused-ring (bicyclic) bond motifs is 1. The number of Topliss-reactive ketones (excluding diaryl/α,β-unsaturated/α-hetero) is 1. The topological polar surface area (TPSA) is 73.1 Å². The zero-order valence-corrected chi connectivity index (χ0v) is 15.2. The number of carbonyl (C=O) groups is 3. The second-order valence-electron chi connectivity index (χ2n) is 5.44. The van der Waals surface area contributed by atoms with Crippen LogP contribution in [0.25, 0.3) is 0 Å². The van der Waals surface area contributed by atoms with Crippen molar-refractivity contribution in [1.29, 1.82) is 0 Å². The molecule has 1 fully saturated rings. The number of imide groups is 1. The van der Waals surface area contributed by atoms with Crippen molar-refractivity contribution in [2.75, 3.05) is 20.6 Å². The molecular weight excluding hydrogens is 400 g/mol. The Balaban J connectivity index is 1.88. The fourth-order valence-electron chi connectivity index (χ4n) is 2.61. The van der Waals surface area contributed by atoms with Crippen LogP contribution < -0.4 is 0 Å². The van der Waals surface area contributed by atoms with Gasteiger partial charge in [-0.1, -0.05) is 11.6 Å². The molecule has 2 aliphatic heterocycles. The van der Waals surface area contributed by atoms with Crippen LogP contribution in [0.1, 0.15) is 10.4 Å². The Bertz CT molecular complexity index is 819. The number of hydrogen-bond acceptors (Lipinski definition) is 4. The summed E-state index contributed by atoms with van der Waals surface area (Å²) in [6, 6.07) is 5.25. The van der Waals surface area contributed by atoms with Gasteiger partial charge < -0.3 is 0 Å². The smallest absolute Gasteiger partial charge is 0.290 e. The predicted molar refractivity (Wildman–Crippen MR) is 92.0 cm³/mol. The lowest BCUT2D eigenvalue weighted by Gasteiger charge is -2.30. The SMILES string of the molecule is CN1C(=O)C2C(=NC(Br)=[N+]2CC(=O)c2ccc(Cl)cc2)N(C)C1=O. The highest BCUT2D eigenvalue weighted by Crippen LogP contribution is 2.21. The minimum absolute atomic E-state index is 0.0541. The molecule has 1 saturated heterocycles. The fourth-order valence-corrected chi connectivity index (χ4v) is 3.24. The van der Waals surface area contributed by atoms with Crippen LogP contribution in [0.2, 0.25) is 5.02 Å². The maximum absolute atomic E-state index is 12.5. The molecule has 9 heteroatoms. The number of hydrogen-bond donors (Lipinski definition) is 0. The third kappa shape index (κ3) is 2.65. The van der Waals surface area contributed by atoms with Crippen LogP contribution in [-0.4, -0.2) is 69.4 Å². The van der Waals surface area contributed by atoms with Crippen LogP contribution in [0.5, 0.6) is 0 Å². The summed E-state index contributed by atoms with van der Waals surface area (Å²) in [7, 11) is 2.95. The quantitative estimate of drug-likeness (QED) is 0.430. The number of nitrogens with zero attached hydrogens (tertiary/aromatic N) is 4. The fraction of sp³-hybridized carbons (Fsp3) is 0.267. The minimum Gasteiger partial charge on any atom is -0.290 e. The molecule has 1 aromatic rings. The first-order valence-corrected chi connectivity index (χ1v) is 8.20. The number of rotatable bonds is 3. The lowest BCUT2D eigenvalue weighted by molar-refractivity contribution is -0.519. The van der Waals surface area contributed by atoms with Gasteiger partial charge in [-0.05, 0) is 29.3 Å². The number of urea groups is 1. The molecule has 1 unspecified atom stereocenters. The molecule has 1 aromatic carbocycles. The number of halogens is 2. The van der Waals surface area contributed by atoms with E-state index in [-0.39, 0.29) is 12.3 Å². The first-order valence-electron chi connectivity index (χ1n) is 7.03. The van der Waals surface area contributed by atoms with Crippen molar-refractivity contribution in [3.8, 4) is 0 Å². The van der Waals surface area contributed by atoms with E-state index in [9.17, 15) is 14.4 Å². The van der Waals surface area contributed by atoms with Gasteiger partial charge in [0.2, 0.25) is 5.78 Å². The first kappa shape index (κ1) is 16.8. The molecule has 3 amide bonds. The molecule has 0 aliphatic carbocycles. The first-order chi connectivity index (χ1) is 11.3. The summed E-state index contributed by atoms with van der Waals surface area (Å²) in [5.74, 6) is -0.302. The number of amidine groups is 2. The van der Waals surface area contributed by atoms with E-state index in [1.165, 1.54) is 16.5 Å². The monoisotopic (exact) mass is 411 g/mol. The number of likely N-dealkylation sites (N-methyl/N-ethyl adjacent to an activating group) is 2. The minimum atomic E-state index is -0.802. The Hall–Kier alpha value is -2.06. The van der Waals surface area contributed by atoms with Crippen molar-refractivity contribution in [3.63, 3.8) is 0 Å². The van der Waals surface area contributed by atoms with Crippen LogP contribution in [0, 0.1) is 0 Å². The van der Waals surface area contributed by atoms with Gasteiger partial charge in [-0.2, -0.15) is 0 Å². The van der Waals surface area contributed by atoms with Crippen molar-refractivity contribution in [2.45, 2.75) is 6.04 Å². The van der Waals surface area contributed by atoms with Crippen LogP contribution in [0.3, 0.4) is 0 Å². The van der Waals surface area contributed by atoms with E-state index in [0.29, 0.717) is 21.2 Å². The third-order valence-electron chi connectivity index (χ3n) is 3.96. The van der Waals surface area contributed by atoms with Crippen molar-refractivity contribution in [1.82, 2.24) is 9.80 Å². The molecule has 24 heavy (non-hydrogen) atoms. The molecule has 124 valence electrons. The molecule has 2 heterocycles. The summed E-state index contributed by atoms with van der Waals surface area (Å²) in [5.41, 5.74) is 0.481. The van der Waals surface area contributed by atoms with E-state index in [4.69, 9.17) is 11.6 Å². The molecule has 2 aliphatic rings. The Morgan fingerprint density at radius 1 is 1.25 bits per heavy atom. The lowest BCUT2D eigenvalue weighted by atomic mass is 10.1. The van der Waals surface area contributed by atoms with E-state index >= 15 is 0 Å². The number of aliphatic imine (C=N–C) groups is 1. The van der Waals surface area contributed by atoms with E-state index in [1.54, 1.807) is 31.3 Å². The van der Waals surface area contributed by atoms with Crippen LogP contribution in [-0.2, 0) is 4.79 Å². The highest BCUT2D eigenvalue weighted by atomic mass is 79.9. The highest BCUT2D eigenvalue weighted by Gasteiger charge is 2.53. The van der Waals surface area contributed by atoms with Crippen molar-refractivity contribution >= 4 is 55.8 Å². The zero-order valence-electron chi connectivity index (χ0n) is 12.9. The van der Waals surface area contributed by atoms with Gasteiger partial charge in [0, 0.05) is 24.7 Å². The molecule has 3 rings (SSSR count). The van der Waals surface area contributed by atoms with Crippen molar-refractivity contribution in [3.05, 3.63) is 34.9 Å². The lowest BCUT2D eigenvalue weighted by Crippen LogP contribution is -2.61. The summed E-state index contributed by atoms with van der Waals surface area (Å²) in [6.45, 7) is -0.0541. The number of benzene rings is 1. The van der Waals surface area contributed by atoms with E-state index in [1.807, 2.05) is 0 Å². The average Bonchev–Trinajstić information content (AvgIpc) is 2.88. The standard InChI is InChI=1S/C15H13BrClN4O3/c1-19-12-11(13(23)20(2)15(19)24)21(14(16)18-12)7-10(22)8-3-5-9(17)6-4-8/h3-6,11H,7H2,1-2H3/q+1. The van der Waals surface area contributed by atoms with Crippen LogP contribution >= 0.6 is 27.5 Å². The van der Waals surface area contributed by atoms with E-state index < -0.39 is 18.0 Å². The summed E-state index contributed by atoms with van der Waals surface area (Å²) in [5, 5.41) is 0.537. The van der Waals surface area contributed by atoms with Gasteiger partial charge >= 0.3 is 10.8 Å². The maximum Gasteiger partial charge on any atom is 0.365 e. The normalized spacial score (nSPS) is 20.5. The number of carbonyl (C=O) groups excluding carboxylic acids is 3. The second-order valence-corrected chi connectivity index (χ2v) is 6.58. The third-order valence-corrected chi connectivity index (χ3v) is 4.85. The molecule has 0 N–H and O–H groups in total. The Kier molecular flexibility index (Phi) is 4.27. The Labute approximate surface area is 151 Å². The summed E-state index contributed by atoms with van der Waals surface area (Å²) in [6.07, 6.45) is 0. The zero-order chi connectivity index (χ0) is 17.6. The molecule has 0 bridgehead atoms. The molecule has 0 saturated carbocycles. The van der Waals surface area contributed by atoms with Gasteiger partial charge in [0.05, 0.1) is 15.9 Å². The second kappa shape index (κ2) is 6.10. The molecule has 0 radical (unpaired) electrons. The predicted octanol–water partition coefficient (Wildman–Crippen LogP) is 1.59. The molecule has 0 aromatic heterocycles. The van der Waals surface area contributed by atoms with Crippen LogP contribution in [0.15, 0.2) is 29.3 Å². The van der Waals surface area contributed by atoms with Gasteiger partial charge in [0.15, 0.2) is 6.54 Å². The summed E-state index contributed by atoms with van der Waals surface area (Å²) >= 11 is 9.10. The molecule has 1 atom stereocenters. The van der Waals surface area contributed by atoms with Gasteiger partial charge in [0.25, 0.3) is 17.8 Å². The van der Waals surface area contributed by atoms with Crippen LogP contribution in [0.4, 0.5) is 4.79 Å². The Morgan fingerprint density at radius 2 is 1.88 bits per heavy atom. The molecule has 0 spiro atoms. The Morgan fingerprint density at radius 3 is 2.50 bits per heavy atom. The molecule has 7 nitrogen and oxygen atoms in total. The molecular formula is C15H13BrClN4O3+. The van der Waals surface area contributed by atoms with Crippen molar-refractivity contribution < 1.29 is 19.0 Å². The largest absolute Gasteiger partial charge is 0.365 e. The summed E-state index contributed by atoms with van der Waals surface area (Å²) < 4.78 is 1.88.